The summed E-state index contributed by atoms with van der Waals surface area (Å²) < 4.78 is 40.4. The van der Waals surface area contributed by atoms with E-state index < -0.39 is 23.0 Å². The van der Waals surface area contributed by atoms with Gasteiger partial charge in [-0.1, -0.05) is 30.0 Å². The molecule has 0 atom stereocenters. The molecule has 13 heteroatoms. The number of Topliss-reactive ketones (excluding diaryl/α,β-unsaturated/α-hetero) is 2. The SMILES string of the molecule is CC(=O)SCC(=O)NCCCCCOc1cc2nccc(Oc3ccc(CC(=O)C4(C(=O)Cc5ccc(F)cc5)CC4)cc3F)c2cc1C(N)=O. The van der Waals surface area contributed by atoms with Crippen molar-refractivity contribution in [1.29, 1.82) is 0 Å². The van der Waals surface area contributed by atoms with Gasteiger partial charge in [0.05, 0.1) is 28.9 Å². The number of amides is 2. The van der Waals surface area contributed by atoms with Crippen molar-refractivity contribution in [3.63, 3.8) is 0 Å². The molecule has 0 bridgehead atoms. The van der Waals surface area contributed by atoms with Gasteiger partial charge in [-0.3, -0.25) is 29.0 Å². The molecular weight excluding hydrogens is 680 g/mol. The number of carbonyl (C=O) groups is 5. The number of hydrogen-bond acceptors (Lipinski definition) is 9. The van der Waals surface area contributed by atoms with Crippen LogP contribution in [0.25, 0.3) is 10.9 Å². The van der Waals surface area contributed by atoms with E-state index in [1.807, 2.05) is 0 Å². The Morgan fingerprint density at radius 3 is 2.24 bits per heavy atom. The number of halogens is 2. The molecule has 4 aromatic rings. The lowest BCUT2D eigenvalue weighted by Crippen LogP contribution is -2.28. The number of primary amides is 1. The molecule has 1 saturated carbocycles. The number of nitrogens with zero attached hydrogens (tertiary/aromatic N) is 1. The van der Waals surface area contributed by atoms with Crippen LogP contribution in [0.5, 0.6) is 17.2 Å². The number of nitrogens with one attached hydrogen (secondary N) is 1. The highest BCUT2D eigenvalue weighted by molar-refractivity contribution is 8.14. The average molecular weight is 718 g/mol. The number of rotatable bonds is 18. The number of unbranched alkanes of at least 4 members (excludes halogenated alkanes) is 2. The fraction of sp³-hybridized carbons (Fsp3) is 0.316. The van der Waals surface area contributed by atoms with Crippen LogP contribution in [0.3, 0.4) is 0 Å². The van der Waals surface area contributed by atoms with E-state index in [1.54, 1.807) is 12.1 Å². The maximum absolute atomic E-state index is 15.3. The van der Waals surface area contributed by atoms with Crippen molar-refractivity contribution >= 4 is 51.2 Å². The number of ether oxygens (including phenoxy) is 2. The van der Waals surface area contributed by atoms with E-state index >= 15 is 4.39 Å². The van der Waals surface area contributed by atoms with E-state index in [1.165, 1.54) is 61.7 Å². The largest absolute Gasteiger partial charge is 0.493 e. The molecule has 0 unspecified atom stereocenters. The number of nitrogens with two attached hydrogens (primary N) is 1. The zero-order valence-electron chi connectivity index (χ0n) is 28.0. The van der Waals surface area contributed by atoms with Gasteiger partial charge in [0.15, 0.2) is 28.2 Å². The van der Waals surface area contributed by atoms with E-state index in [0.717, 1.165) is 18.2 Å². The summed E-state index contributed by atoms with van der Waals surface area (Å²) in [5.74, 6) is -2.17. The van der Waals surface area contributed by atoms with Gasteiger partial charge in [-0.25, -0.2) is 8.78 Å². The lowest BCUT2D eigenvalue weighted by atomic mass is 9.88. The van der Waals surface area contributed by atoms with Gasteiger partial charge in [0.25, 0.3) is 5.91 Å². The predicted octanol–water partition coefficient (Wildman–Crippen LogP) is 6.05. The van der Waals surface area contributed by atoms with Crippen molar-refractivity contribution < 1.29 is 42.2 Å². The van der Waals surface area contributed by atoms with Gasteiger partial charge in [0.1, 0.15) is 17.3 Å². The molecule has 0 saturated heterocycles. The van der Waals surface area contributed by atoms with Crippen LogP contribution in [-0.2, 0) is 32.0 Å². The third-order valence-corrected chi connectivity index (χ3v) is 9.37. The van der Waals surface area contributed by atoms with E-state index in [0.29, 0.717) is 54.3 Å². The number of fused-ring (bicyclic) bond motifs is 1. The molecule has 0 radical (unpaired) electrons. The summed E-state index contributed by atoms with van der Waals surface area (Å²) in [5, 5.41) is 3.04. The molecule has 0 aliphatic heterocycles. The normalized spacial score (nSPS) is 13.0. The summed E-state index contributed by atoms with van der Waals surface area (Å²) in [5.41, 5.74) is 6.08. The second-order valence-electron chi connectivity index (χ2n) is 12.4. The van der Waals surface area contributed by atoms with Crippen LogP contribution in [0.1, 0.15) is 60.5 Å². The summed E-state index contributed by atoms with van der Waals surface area (Å²) in [7, 11) is 0. The topological polar surface area (TPSA) is 155 Å². The van der Waals surface area contributed by atoms with Crippen LogP contribution in [0.2, 0.25) is 0 Å². The van der Waals surface area contributed by atoms with Crippen LogP contribution in [0.4, 0.5) is 8.78 Å². The fourth-order valence-corrected chi connectivity index (χ4v) is 6.02. The Morgan fingerprint density at radius 1 is 0.863 bits per heavy atom. The molecule has 2 amide bonds. The highest BCUT2D eigenvalue weighted by atomic mass is 32.2. The monoisotopic (exact) mass is 717 g/mol. The molecule has 10 nitrogen and oxygen atoms in total. The van der Waals surface area contributed by atoms with Gasteiger partial charge in [0, 0.05) is 44.0 Å². The average Bonchev–Trinajstić information content (AvgIpc) is 3.91. The van der Waals surface area contributed by atoms with Crippen LogP contribution < -0.4 is 20.5 Å². The second kappa shape index (κ2) is 16.7. The number of pyridine rings is 1. The van der Waals surface area contributed by atoms with Crippen LogP contribution in [-0.4, -0.2) is 52.4 Å². The minimum absolute atomic E-state index is 0.0189. The number of carbonyl (C=O) groups excluding carboxylic acids is 5. The smallest absolute Gasteiger partial charge is 0.252 e. The quantitative estimate of drug-likeness (QED) is 0.0924. The van der Waals surface area contributed by atoms with Crippen molar-refractivity contribution in [3.05, 3.63) is 95.2 Å². The number of aromatic nitrogens is 1. The maximum Gasteiger partial charge on any atom is 0.252 e. The van der Waals surface area contributed by atoms with E-state index in [4.69, 9.17) is 15.2 Å². The lowest BCUT2D eigenvalue weighted by Gasteiger charge is -2.15. The Morgan fingerprint density at radius 2 is 1.57 bits per heavy atom. The van der Waals surface area contributed by atoms with Gasteiger partial charge in [-0.05, 0) is 79.6 Å². The fourth-order valence-electron chi connectivity index (χ4n) is 5.59. The first-order chi connectivity index (χ1) is 24.4. The summed E-state index contributed by atoms with van der Waals surface area (Å²) in [6, 6.07) is 14.3. The molecule has 1 fully saturated rings. The molecule has 3 aromatic carbocycles. The minimum atomic E-state index is -1.10. The third kappa shape index (κ3) is 9.75. The molecule has 1 aliphatic carbocycles. The predicted molar refractivity (Wildman–Crippen MR) is 188 cm³/mol. The van der Waals surface area contributed by atoms with Crippen molar-refractivity contribution in [3.8, 4) is 17.2 Å². The van der Waals surface area contributed by atoms with Crippen molar-refractivity contribution in [2.45, 2.75) is 51.9 Å². The Balaban J connectivity index is 1.19. The van der Waals surface area contributed by atoms with E-state index in [2.05, 4.69) is 10.3 Å². The standard InChI is InChI=1S/C38H37F2N3O7S/c1-23(44)51-22-36(47)43-14-3-2-4-16-49-33-21-30-27(20-28(33)37(41)48)31(11-15-42-30)50-32-10-7-25(17-29(32)40)19-35(46)38(12-13-38)34(45)18-24-5-8-26(39)9-6-24/h5-11,15,17,20-21H,2-4,12-14,16,18-19,22H2,1H3,(H2,41,48)(H,43,47). The molecule has 51 heavy (non-hydrogen) atoms. The van der Waals surface area contributed by atoms with Crippen molar-refractivity contribution in [2.24, 2.45) is 11.1 Å². The molecule has 266 valence electrons. The molecule has 1 aromatic heterocycles. The molecule has 1 aliphatic rings. The van der Waals surface area contributed by atoms with Gasteiger partial charge in [0.2, 0.25) is 5.91 Å². The summed E-state index contributed by atoms with van der Waals surface area (Å²) in [6.45, 7) is 2.15. The Labute approximate surface area is 297 Å². The summed E-state index contributed by atoms with van der Waals surface area (Å²) in [4.78, 5) is 65.6. The van der Waals surface area contributed by atoms with Crippen molar-refractivity contribution in [1.82, 2.24) is 10.3 Å². The molecule has 0 spiro atoms. The molecule has 5 rings (SSSR count). The van der Waals surface area contributed by atoms with Crippen LogP contribution in [0, 0.1) is 17.0 Å². The Hall–Kier alpha value is -5.17. The first-order valence-corrected chi connectivity index (χ1v) is 17.5. The summed E-state index contributed by atoms with van der Waals surface area (Å²) in [6.07, 6.45) is 4.29. The Bertz CT molecular complexity index is 1970. The lowest BCUT2D eigenvalue weighted by molar-refractivity contribution is -0.134. The first kappa shape index (κ1) is 37.1. The molecular formula is C38H37F2N3O7S. The molecule has 1 heterocycles. The highest BCUT2D eigenvalue weighted by Gasteiger charge is 2.54. The zero-order valence-corrected chi connectivity index (χ0v) is 28.8. The highest BCUT2D eigenvalue weighted by Crippen LogP contribution is 2.49. The summed E-state index contributed by atoms with van der Waals surface area (Å²) >= 11 is 0.956. The Kier molecular flexibility index (Phi) is 12.1. The third-order valence-electron chi connectivity index (χ3n) is 8.55. The van der Waals surface area contributed by atoms with Crippen molar-refractivity contribution in [2.75, 3.05) is 18.9 Å². The van der Waals surface area contributed by atoms with Crippen LogP contribution >= 0.6 is 11.8 Å². The van der Waals surface area contributed by atoms with Gasteiger partial charge in [-0.15, -0.1) is 0 Å². The zero-order chi connectivity index (χ0) is 36.5. The molecule has 3 N–H and O–H groups in total. The van der Waals surface area contributed by atoms with E-state index in [9.17, 15) is 28.4 Å². The number of benzene rings is 3. The van der Waals surface area contributed by atoms with E-state index in [-0.39, 0.29) is 70.6 Å². The number of hydrogen-bond donors (Lipinski definition) is 2. The number of ketones is 2. The van der Waals surface area contributed by atoms with Gasteiger partial charge >= 0.3 is 0 Å². The van der Waals surface area contributed by atoms with Gasteiger partial charge < -0.3 is 20.5 Å². The number of thioether (sulfide) groups is 1. The van der Waals surface area contributed by atoms with Gasteiger partial charge in [-0.2, -0.15) is 0 Å². The minimum Gasteiger partial charge on any atom is -0.493 e. The van der Waals surface area contributed by atoms with Crippen LogP contribution in [0.15, 0.2) is 66.9 Å². The second-order valence-corrected chi connectivity index (χ2v) is 13.5. The first-order valence-electron chi connectivity index (χ1n) is 16.5. The maximum atomic E-state index is 15.3.